The molecule has 7 heteroatoms. The van der Waals surface area contributed by atoms with E-state index >= 15 is 0 Å². The van der Waals surface area contributed by atoms with Gasteiger partial charge in [0.05, 0.1) is 28.8 Å². The van der Waals surface area contributed by atoms with E-state index in [0.29, 0.717) is 16.9 Å². The van der Waals surface area contributed by atoms with Gasteiger partial charge >= 0.3 is 0 Å². The summed E-state index contributed by atoms with van der Waals surface area (Å²) in [5.41, 5.74) is 6.37. The van der Waals surface area contributed by atoms with E-state index in [1.54, 1.807) is 18.3 Å². The van der Waals surface area contributed by atoms with Crippen molar-refractivity contribution in [2.75, 3.05) is 5.32 Å². The summed E-state index contributed by atoms with van der Waals surface area (Å²) in [5, 5.41) is 14.5. The third-order valence-electron chi connectivity index (χ3n) is 4.64. The summed E-state index contributed by atoms with van der Waals surface area (Å²) in [6.07, 6.45) is 3.10. The average Bonchev–Trinajstić information content (AvgIpc) is 3.33. The van der Waals surface area contributed by atoms with Crippen LogP contribution in [0.15, 0.2) is 54.9 Å². The lowest BCUT2D eigenvalue weighted by molar-refractivity contribution is 0.102. The molecule has 0 fully saturated rings. The molecule has 0 unspecified atom stereocenters. The molecule has 0 saturated carbocycles. The summed E-state index contributed by atoms with van der Waals surface area (Å²) in [6.45, 7) is 5.89. The van der Waals surface area contributed by atoms with Gasteiger partial charge in [-0.2, -0.15) is 10.2 Å². The van der Waals surface area contributed by atoms with Crippen molar-refractivity contribution in [3.63, 3.8) is 0 Å². The highest BCUT2D eigenvalue weighted by atomic mass is 19.1. The second-order valence-electron chi connectivity index (χ2n) is 7.04. The van der Waals surface area contributed by atoms with Gasteiger partial charge in [-0.1, -0.05) is 11.6 Å². The van der Waals surface area contributed by atoms with Crippen molar-refractivity contribution >= 4 is 11.6 Å². The van der Waals surface area contributed by atoms with Crippen LogP contribution >= 0.6 is 0 Å². The number of H-pyrrole nitrogens is 1. The number of aromatic nitrogens is 4. The summed E-state index contributed by atoms with van der Waals surface area (Å²) >= 11 is 0. The number of aromatic amines is 1. The van der Waals surface area contributed by atoms with Crippen molar-refractivity contribution < 1.29 is 9.18 Å². The van der Waals surface area contributed by atoms with E-state index in [4.69, 9.17) is 0 Å². The number of hydrogen-bond acceptors (Lipinski definition) is 3. The van der Waals surface area contributed by atoms with E-state index in [0.717, 1.165) is 28.1 Å². The van der Waals surface area contributed by atoms with Gasteiger partial charge in [-0.3, -0.25) is 9.89 Å². The van der Waals surface area contributed by atoms with Gasteiger partial charge < -0.3 is 5.32 Å². The maximum atomic E-state index is 13.1. The fraction of sp³-hybridized carbons (Fsp3) is 0.136. The van der Waals surface area contributed by atoms with E-state index in [-0.39, 0.29) is 11.7 Å². The van der Waals surface area contributed by atoms with Crippen LogP contribution in [-0.2, 0) is 0 Å². The fourth-order valence-electron chi connectivity index (χ4n) is 3.25. The average molecular weight is 389 g/mol. The maximum absolute atomic E-state index is 13.1. The Balaban J connectivity index is 1.65. The number of hydrogen-bond donors (Lipinski definition) is 2. The van der Waals surface area contributed by atoms with Crippen molar-refractivity contribution in [3.05, 3.63) is 83.1 Å². The number of amides is 1. The predicted molar refractivity (Wildman–Crippen MR) is 110 cm³/mol. The highest BCUT2D eigenvalue weighted by Crippen LogP contribution is 2.32. The lowest BCUT2D eigenvalue weighted by Crippen LogP contribution is -2.13. The quantitative estimate of drug-likeness (QED) is 0.536. The molecule has 0 bridgehead atoms. The first kappa shape index (κ1) is 18.6. The highest BCUT2D eigenvalue weighted by Gasteiger charge is 2.16. The third kappa shape index (κ3) is 3.80. The van der Waals surface area contributed by atoms with Crippen LogP contribution in [0, 0.1) is 26.6 Å². The van der Waals surface area contributed by atoms with Crippen LogP contribution in [0.1, 0.15) is 27.2 Å². The normalized spacial score (nSPS) is 10.9. The molecule has 0 radical (unpaired) electrons. The molecule has 4 rings (SSSR count). The Labute approximate surface area is 167 Å². The lowest BCUT2D eigenvalue weighted by atomic mass is 10.0. The molecule has 0 aliphatic heterocycles. The molecule has 146 valence electrons. The lowest BCUT2D eigenvalue weighted by Gasteiger charge is -2.13. The van der Waals surface area contributed by atoms with Crippen LogP contribution in [0.5, 0.6) is 0 Å². The Morgan fingerprint density at radius 3 is 2.55 bits per heavy atom. The zero-order valence-corrected chi connectivity index (χ0v) is 16.3. The summed E-state index contributed by atoms with van der Waals surface area (Å²) in [4.78, 5) is 12.9. The Morgan fingerprint density at radius 2 is 1.86 bits per heavy atom. The number of nitrogens with zero attached hydrogens (tertiary/aromatic N) is 3. The van der Waals surface area contributed by atoms with Crippen molar-refractivity contribution in [2.45, 2.75) is 20.8 Å². The first-order valence-electron chi connectivity index (χ1n) is 9.16. The van der Waals surface area contributed by atoms with Crippen LogP contribution < -0.4 is 5.32 Å². The summed E-state index contributed by atoms with van der Waals surface area (Å²) < 4.78 is 14.7. The van der Waals surface area contributed by atoms with Gasteiger partial charge in [-0.25, -0.2) is 9.07 Å². The number of nitrogens with one attached hydrogen (secondary N) is 2. The van der Waals surface area contributed by atoms with E-state index in [9.17, 15) is 9.18 Å². The number of halogens is 1. The molecule has 1 amide bonds. The molecule has 2 aromatic heterocycles. The number of aryl methyl sites for hydroxylation is 3. The molecule has 0 aliphatic rings. The van der Waals surface area contributed by atoms with E-state index in [1.807, 2.05) is 39.0 Å². The number of rotatable bonds is 4. The molecule has 0 atom stereocenters. The largest absolute Gasteiger partial charge is 0.321 e. The van der Waals surface area contributed by atoms with Crippen LogP contribution in [0.3, 0.4) is 0 Å². The van der Waals surface area contributed by atoms with Crippen LogP contribution in [0.2, 0.25) is 0 Å². The van der Waals surface area contributed by atoms with Crippen LogP contribution in [0.4, 0.5) is 10.1 Å². The Hall–Kier alpha value is -3.74. The van der Waals surface area contributed by atoms with Gasteiger partial charge in [0.25, 0.3) is 5.91 Å². The topological polar surface area (TPSA) is 75.6 Å². The second kappa shape index (κ2) is 7.35. The molecule has 2 N–H and O–H groups in total. The minimum Gasteiger partial charge on any atom is -0.321 e. The first-order valence-corrected chi connectivity index (χ1v) is 9.16. The first-order chi connectivity index (χ1) is 13.9. The van der Waals surface area contributed by atoms with Crippen molar-refractivity contribution in [2.24, 2.45) is 0 Å². The summed E-state index contributed by atoms with van der Waals surface area (Å²) in [7, 11) is 0. The Kier molecular flexibility index (Phi) is 4.72. The predicted octanol–water partition coefficient (Wildman–Crippen LogP) is 4.58. The van der Waals surface area contributed by atoms with Crippen LogP contribution in [0.25, 0.3) is 16.9 Å². The zero-order chi connectivity index (χ0) is 20.5. The van der Waals surface area contributed by atoms with Gasteiger partial charge in [0.15, 0.2) is 0 Å². The molecule has 2 heterocycles. The molecule has 6 nitrogen and oxygen atoms in total. The smallest absolute Gasteiger partial charge is 0.258 e. The van der Waals surface area contributed by atoms with Gasteiger partial charge in [-0.05, 0) is 62.7 Å². The molecule has 2 aromatic carbocycles. The van der Waals surface area contributed by atoms with Gasteiger partial charge in [0.2, 0.25) is 0 Å². The van der Waals surface area contributed by atoms with Gasteiger partial charge in [0.1, 0.15) is 5.82 Å². The summed E-state index contributed by atoms with van der Waals surface area (Å²) in [5.74, 6) is -0.603. The summed E-state index contributed by atoms with van der Waals surface area (Å²) in [6, 6.07) is 11.9. The van der Waals surface area contributed by atoms with E-state index < -0.39 is 0 Å². The van der Waals surface area contributed by atoms with Crippen molar-refractivity contribution in [1.82, 2.24) is 20.0 Å². The second-order valence-corrected chi connectivity index (χ2v) is 7.04. The zero-order valence-electron chi connectivity index (χ0n) is 16.3. The number of carbonyl (C=O) groups excluding carboxylic acids is 1. The molecule has 0 spiro atoms. The SMILES string of the molecule is Cc1cc(C)c(NC(=O)c2cnn(-c3ccc(F)cc3)c2)c(-c2cc(C)[nH]n2)c1. The van der Waals surface area contributed by atoms with E-state index in [1.165, 1.54) is 23.0 Å². The Morgan fingerprint density at radius 1 is 1.10 bits per heavy atom. The monoisotopic (exact) mass is 389 g/mol. The third-order valence-corrected chi connectivity index (χ3v) is 4.64. The van der Waals surface area contributed by atoms with Gasteiger partial charge in [-0.15, -0.1) is 0 Å². The van der Waals surface area contributed by atoms with Crippen molar-refractivity contribution in [1.29, 1.82) is 0 Å². The molecule has 0 saturated heterocycles. The minimum atomic E-state index is -0.324. The highest BCUT2D eigenvalue weighted by molar-refractivity contribution is 6.06. The molecule has 0 aliphatic carbocycles. The number of carbonyl (C=O) groups is 1. The standard InChI is InChI=1S/C22H20FN5O/c1-13-8-14(2)21(19(9-13)20-10-15(3)26-27-20)25-22(29)16-11-24-28(12-16)18-6-4-17(23)5-7-18/h4-12H,1-3H3,(H,25,29)(H,26,27). The minimum absolute atomic E-state index is 0.279. The number of anilines is 1. The maximum Gasteiger partial charge on any atom is 0.258 e. The molecule has 4 aromatic rings. The van der Waals surface area contributed by atoms with Crippen molar-refractivity contribution in [3.8, 4) is 16.9 Å². The number of benzene rings is 2. The van der Waals surface area contributed by atoms with E-state index in [2.05, 4.69) is 20.6 Å². The molecule has 29 heavy (non-hydrogen) atoms. The van der Waals surface area contributed by atoms with Crippen LogP contribution in [-0.4, -0.2) is 25.9 Å². The molecular weight excluding hydrogens is 369 g/mol. The molecular formula is C22H20FN5O. The fourth-order valence-corrected chi connectivity index (χ4v) is 3.25. The Bertz CT molecular complexity index is 1190. The van der Waals surface area contributed by atoms with Gasteiger partial charge in [0, 0.05) is 17.5 Å².